The molecule has 3 fully saturated rings. The lowest BCUT2D eigenvalue weighted by Crippen LogP contribution is -2.69. The molecular formula is C18H35N2O+. The number of hydrogen-bond donors (Lipinski definition) is 1. The van der Waals surface area contributed by atoms with Crippen LogP contribution >= 0.6 is 0 Å². The third-order valence-corrected chi connectivity index (χ3v) is 6.79. The topological polar surface area (TPSA) is 23.5 Å². The van der Waals surface area contributed by atoms with Gasteiger partial charge in [0.1, 0.15) is 0 Å². The summed E-state index contributed by atoms with van der Waals surface area (Å²) in [5, 5.41) is 13.2. The van der Waals surface area contributed by atoms with Crippen LogP contribution in [0.3, 0.4) is 0 Å². The lowest BCUT2D eigenvalue weighted by molar-refractivity contribution is -0.899. The zero-order valence-electron chi connectivity index (χ0n) is 14.4. The minimum absolute atomic E-state index is 0.0873. The van der Waals surface area contributed by atoms with Crippen molar-refractivity contribution < 1.29 is 9.69 Å². The van der Waals surface area contributed by atoms with Crippen LogP contribution in [0.5, 0.6) is 0 Å². The number of hydrogen-bond acceptors (Lipinski definition) is 2. The molecule has 0 aromatic rings. The van der Waals surface area contributed by atoms with Crippen molar-refractivity contribution in [2.24, 2.45) is 0 Å². The van der Waals surface area contributed by atoms with Gasteiger partial charge in [-0.15, -0.1) is 0 Å². The lowest BCUT2D eigenvalue weighted by Gasteiger charge is -2.60. The van der Waals surface area contributed by atoms with E-state index in [1.165, 1.54) is 77.0 Å². The van der Waals surface area contributed by atoms with Crippen LogP contribution in [0.1, 0.15) is 77.0 Å². The average Bonchev–Trinajstić information content (AvgIpc) is 2.46. The molecule has 3 aliphatic rings. The van der Waals surface area contributed by atoms with Crippen LogP contribution in [-0.2, 0) is 0 Å². The molecule has 122 valence electrons. The van der Waals surface area contributed by atoms with E-state index in [4.69, 9.17) is 0 Å². The molecule has 21 heavy (non-hydrogen) atoms. The van der Waals surface area contributed by atoms with Crippen LogP contribution in [0.2, 0.25) is 0 Å². The summed E-state index contributed by atoms with van der Waals surface area (Å²) in [5.74, 6) is 0. The predicted octanol–water partition coefficient (Wildman–Crippen LogP) is 3.95. The first-order chi connectivity index (χ1) is 9.88. The molecule has 0 unspecified atom stereocenters. The Bertz CT molecular complexity index is 334. The van der Waals surface area contributed by atoms with Gasteiger partial charge in [-0.25, -0.2) is 0 Å². The van der Waals surface area contributed by atoms with E-state index >= 15 is 0 Å². The molecular weight excluding hydrogens is 260 g/mol. The quantitative estimate of drug-likeness (QED) is 0.740. The molecule has 2 saturated carbocycles. The van der Waals surface area contributed by atoms with Gasteiger partial charge in [0.15, 0.2) is 0 Å². The Labute approximate surface area is 130 Å². The summed E-state index contributed by atoms with van der Waals surface area (Å²) in [4.78, 5) is 0. The first-order valence-electron chi connectivity index (χ1n) is 9.18. The second-order valence-electron chi connectivity index (χ2n) is 9.06. The highest BCUT2D eigenvalue weighted by molar-refractivity contribution is 5.06. The van der Waals surface area contributed by atoms with Crippen LogP contribution in [0.25, 0.3) is 0 Å². The first-order valence-corrected chi connectivity index (χ1v) is 9.18. The third-order valence-electron chi connectivity index (χ3n) is 6.79. The van der Waals surface area contributed by atoms with Crippen LogP contribution in [0, 0.1) is 0 Å². The zero-order valence-corrected chi connectivity index (χ0v) is 14.4. The molecule has 1 heterocycles. The summed E-state index contributed by atoms with van der Waals surface area (Å²) in [6, 6.07) is 0.699. The fourth-order valence-corrected chi connectivity index (χ4v) is 5.42. The maximum absolute atomic E-state index is 11.3. The summed E-state index contributed by atoms with van der Waals surface area (Å²) < 4.78 is 1.05. The van der Waals surface area contributed by atoms with Crippen LogP contribution in [0.15, 0.2) is 0 Å². The van der Waals surface area contributed by atoms with E-state index in [9.17, 15) is 5.21 Å². The van der Waals surface area contributed by atoms with Gasteiger partial charge in [-0.1, -0.05) is 38.5 Å². The van der Waals surface area contributed by atoms with E-state index in [1.807, 2.05) is 5.06 Å². The smallest absolute Gasteiger partial charge is 0.0921 e. The van der Waals surface area contributed by atoms with Crippen molar-refractivity contribution in [2.75, 3.05) is 21.1 Å². The number of hydroxylamine groups is 2. The van der Waals surface area contributed by atoms with Gasteiger partial charge >= 0.3 is 0 Å². The molecule has 3 rings (SSSR count). The van der Waals surface area contributed by atoms with Gasteiger partial charge in [0.25, 0.3) is 0 Å². The van der Waals surface area contributed by atoms with Gasteiger partial charge in [0.05, 0.1) is 38.3 Å². The van der Waals surface area contributed by atoms with Crippen molar-refractivity contribution in [3.63, 3.8) is 0 Å². The van der Waals surface area contributed by atoms with Gasteiger partial charge in [0, 0.05) is 12.8 Å². The highest BCUT2D eigenvalue weighted by Crippen LogP contribution is 2.51. The Morgan fingerprint density at radius 3 is 1.48 bits per heavy atom. The predicted molar refractivity (Wildman–Crippen MR) is 86.3 cm³/mol. The Balaban J connectivity index is 1.92. The highest BCUT2D eigenvalue weighted by Gasteiger charge is 2.57. The van der Waals surface area contributed by atoms with Gasteiger partial charge in [-0.2, -0.15) is 5.06 Å². The molecule has 1 aliphatic heterocycles. The molecule has 0 atom stereocenters. The third kappa shape index (κ3) is 2.77. The van der Waals surface area contributed by atoms with E-state index in [0.717, 1.165) is 4.48 Å². The van der Waals surface area contributed by atoms with Crippen LogP contribution < -0.4 is 0 Å². The van der Waals surface area contributed by atoms with Gasteiger partial charge in [-0.05, 0) is 25.7 Å². The Morgan fingerprint density at radius 2 is 1.14 bits per heavy atom. The Kier molecular flexibility index (Phi) is 4.13. The number of piperidine rings is 1. The van der Waals surface area contributed by atoms with Crippen molar-refractivity contribution >= 4 is 0 Å². The van der Waals surface area contributed by atoms with Crippen molar-refractivity contribution in [3.05, 3.63) is 0 Å². The van der Waals surface area contributed by atoms with Gasteiger partial charge in [0.2, 0.25) is 0 Å². The van der Waals surface area contributed by atoms with E-state index in [1.54, 1.807) is 0 Å². The monoisotopic (exact) mass is 295 g/mol. The molecule has 3 nitrogen and oxygen atoms in total. The molecule has 2 aliphatic carbocycles. The molecule has 3 heteroatoms. The molecule has 2 spiro atoms. The fourth-order valence-electron chi connectivity index (χ4n) is 5.42. The standard InChI is InChI=1S/C18H35N2O/c1-20(2,3)16-14-17(10-6-4-7-11-17)19(21)18(15-16)12-8-5-9-13-18/h16,21H,4-15H2,1-3H3/q+1. The largest absolute Gasteiger partial charge is 0.328 e. The first kappa shape index (κ1) is 15.8. The maximum Gasteiger partial charge on any atom is 0.0921 e. The van der Waals surface area contributed by atoms with E-state index in [-0.39, 0.29) is 11.1 Å². The fraction of sp³-hybridized carbons (Fsp3) is 1.00. The van der Waals surface area contributed by atoms with Gasteiger partial charge in [-0.3, -0.25) is 0 Å². The SMILES string of the molecule is C[N+](C)(C)C1CC2(CCCCC2)N(O)C2(CCCCC2)C1. The molecule has 0 aromatic heterocycles. The second-order valence-corrected chi connectivity index (χ2v) is 9.06. The summed E-state index contributed by atoms with van der Waals surface area (Å²) in [6.07, 6.45) is 15.1. The molecule has 0 bridgehead atoms. The van der Waals surface area contributed by atoms with E-state index in [2.05, 4.69) is 21.1 Å². The Morgan fingerprint density at radius 1 is 0.762 bits per heavy atom. The maximum atomic E-state index is 11.3. The van der Waals surface area contributed by atoms with Crippen molar-refractivity contribution in [3.8, 4) is 0 Å². The van der Waals surface area contributed by atoms with E-state index in [0.29, 0.717) is 6.04 Å². The average molecular weight is 295 g/mol. The van der Waals surface area contributed by atoms with Crippen molar-refractivity contribution in [2.45, 2.75) is 94.2 Å². The molecule has 0 aromatic carbocycles. The summed E-state index contributed by atoms with van der Waals surface area (Å²) in [5.41, 5.74) is 0.175. The Hall–Kier alpha value is -0.120. The van der Waals surface area contributed by atoms with Crippen LogP contribution in [-0.4, -0.2) is 53.0 Å². The minimum atomic E-state index is 0.0873. The normalized spacial score (nSPS) is 33.4. The summed E-state index contributed by atoms with van der Waals surface area (Å²) in [6.45, 7) is 0. The number of quaternary nitrogens is 1. The number of nitrogens with zero attached hydrogens (tertiary/aromatic N) is 2. The van der Waals surface area contributed by atoms with Gasteiger partial charge < -0.3 is 9.69 Å². The number of rotatable bonds is 1. The summed E-state index contributed by atoms with van der Waals surface area (Å²) >= 11 is 0. The molecule has 1 N–H and O–H groups in total. The molecule has 1 saturated heterocycles. The lowest BCUT2D eigenvalue weighted by atomic mass is 9.65. The zero-order chi connectivity index (χ0) is 15.1. The highest BCUT2D eigenvalue weighted by atomic mass is 16.5. The van der Waals surface area contributed by atoms with Crippen molar-refractivity contribution in [1.29, 1.82) is 0 Å². The van der Waals surface area contributed by atoms with Crippen molar-refractivity contribution in [1.82, 2.24) is 5.06 Å². The molecule has 0 amide bonds. The second kappa shape index (κ2) is 5.50. The summed E-state index contributed by atoms with van der Waals surface area (Å²) in [7, 11) is 7.06. The minimum Gasteiger partial charge on any atom is -0.328 e. The van der Waals surface area contributed by atoms with E-state index < -0.39 is 0 Å². The molecule has 0 radical (unpaired) electrons. The van der Waals surface area contributed by atoms with Crippen LogP contribution in [0.4, 0.5) is 0 Å².